The molecule has 1 atom stereocenters. The predicted octanol–water partition coefficient (Wildman–Crippen LogP) is 3.71. The van der Waals surface area contributed by atoms with Crippen molar-refractivity contribution in [3.63, 3.8) is 0 Å². The van der Waals surface area contributed by atoms with Crippen molar-refractivity contribution in [1.29, 1.82) is 0 Å². The molecule has 10 heteroatoms. The molecule has 0 aliphatic rings. The van der Waals surface area contributed by atoms with E-state index in [1.807, 2.05) is 13.8 Å². The molecule has 2 aromatic rings. The SMILES string of the molecule is CCNC(=O)[C@H](CC)N(Cc1ccc(F)cc1)C(=O)CCCN(c1ccc(OCC)cc1)S(C)(=O)=O. The largest absolute Gasteiger partial charge is 0.494 e. The molecule has 2 amide bonds. The van der Waals surface area contributed by atoms with Gasteiger partial charge >= 0.3 is 0 Å². The summed E-state index contributed by atoms with van der Waals surface area (Å²) in [5, 5.41) is 2.77. The van der Waals surface area contributed by atoms with Gasteiger partial charge in [-0.05, 0) is 68.7 Å². The smallest absolute Gasteiger partial charge is 0.242 e. The van der Waals surface area contributed by atoms with Gasteiger partial charge in [-0.2, -0.15) is 0 Å². The molecule has 1 N–H and O–H groups in total. The average Bonchev–Trinajstić information content (AvgIpc) is 2.83. The molecule has 0 unspecified atom stereocenters. The molecule has 8 nitrogen and oxygen atoms in total. The van der Waals surface area contributed by atoms with Crippen LogP contribution in [0.25, 0.3) is 0 Å². The number of carbonyl (C=O) groups is 2. The molecule has 0 aliphatic carbocycles. The lowest BCUT2D eigenvalue weighted by molar-refractivity contribution is -0.141. The monoisotopic (exact) mass is 521 g/mol. The fraction of sp³-hybridized carbons (Fsp3) is 0.462. The summed E-state index contributed by atoms with van der Waals surface area (Å²) >= 11 is 0. The van der Waals surface area contributed by atoms with E-state index in [2.05, 4.69) is 5.32 Å². The molecule has 2 rings (SSSR count). The third kappa shape index (κ3) is 8.51. The summed E-state index contributed by atoms with van der Waals surface area (Å²) in [7, 11) is -3.59. The van der Waals surface area contributed by atoms with E-state index in [4.69, 9.17) is 4.74 Å². The quantitative estimate of drug-likeness (QED) is 0.409. The van der Waals surface area contributed by atoms with Gasteiger partial charge in [0.25, 0.3) is 0 Å². The maximum absolute atomic E-state index is 13.4. The molecule has 0 saturated carbocycles. The van der Waals surface area contributed by atoms with Crippen LogP contribution in [0.4, 0.5) is 10.1 Å². The standard InChI is InChI=1S/C26H36FN3O5S/c1-5-24(26(32)28-6-2)29(19-20-10-12-21(27)13-11-20)25(31)9-8-18-30(36(4,33)34)22-14-16-23(17-15-22)35-7-3/h10-17,24H,5-9,18-19H2,1-4H3,(H,28,32)/t24-/m0/s1. The lowest BCUT2D eigenvalue weighted by atomic mass is 10.1. The summed E-state index contributed by atoms with van der Waals surface area (Å²) in [6.07, 6.45) is 1.82. The Morgan fingerprint density at radius 3 is 2.19 bits per heavy atom. The van der Waals surface area contributed by atoms with Crippen LogP contribution in [0.5, 0.6) is 5.75 Å². The highest BCUT2D eigenvalue weighted by molar-refractivity contribution is 7.92. The Labute approximate surface area is 213 Å². The molecule has 0 saturated heterocycles. The second kappa shape index (κ2) is 13.8. The number of hydrogen-bond acceptors (Lipinski definition) is 5. The summed E-state index contributed by atoms with van der Waals surface area (Å²) < 4.78 is 44.9. The number of likely N-dealkylation sites (N-methyl/N-ethyl adjacent to an activating group) is 1. The van der Waals surface area contributed by atoms with E-state index < -0.39 is 16.1 Å². The Balaban J connectivity index is 2.17. The third-order valence-electron chi connectivity index (χ3n) is 5.59. The van der Waals surface area contributed by atoms with Crippen molar-refractivity contribution in [2.24, 2.45) is 0 Å². The first kappa shape index (κ1) is 29.1. The van der Waals surface area contributed by atoms with Crippen LogP contribution < -0.4 is 14.4 Å². The van der Waals surface area contributed by atoms with E-state index in [1.165, 1.54) is 21.3 Å². The maximum atomic E-state index is 13.4. The normalized spacial score (nSPS) is 12.0. The number of halogens is 1. The number of carbonyl (C=O) groups excluding carboxylic acids is 2. The van der Waals surface area contributed by atoms with E-state index in [0.29, 0.717) is 36.6 Å². The Kier molecular flexibility index (Phi) is 11.2. The van der Waals surface area contributed by atoms with Crippen LogP contribution in [0, 0.1) is 5.82 Å². The summed E-state index contributed by atoms with van der Waals surface area (Å²) in [5.74, 6) is -0.292. The van der Waals surface area contributed by atoms with Crippen LogP contribution in [0.2, 0.25) is 0 Å². The zero-order valence-corrected chi connectivity index (χ0v) is 22.2. The van der Waals surface area contributed by atoms with Crippen LogP contribution in [0.1, 0.15) is 45.6 Å². The summed E-state index contributed by atoms with van der Waals surface area (Å²) in [4.78, 5) is 27.5. The molecule has 198 valence electrons. The van der Waals surface area contributed by atoms with Crippen molar-refractivity contribution in [3.05, 3.63) is 59.9 Å². The van der Waals surface area contributed by atoms with Crippen LogP contribution in [0.3, 0.4) is 0 Å². The summed E-state index contributed by atoms with van der Waals surface area (Å²) in [6.45, 7) is 6.66. The first-order valence-corrected chi connectivity index (χ1v) is 14.0. The number of nitrogens with zero attached hydrogens (tertiary/aromatic N) is 2. The Bertz CT molecular complexity index is 1090. The van der Waals surface area contributed by atoms with E-state index >= 15 is 0 Å². The number of nitrogens with one attached hydrogen (secondary N) is 1. The highest BCUT2D eigenvalue weighted by Crippen LogP contribution is 2.23. The molecule has 0 bridgehead atoms. The van der Waals surface area contributed by atoms with Gasteiger partial charge in [0, 0.05) is 26.1 Å². The molecule has 0 spiro atoms. The van der Waals surface area contributed by atoms with E-state index in [1.54, 1.807) is 43.3 Å². The van der Waals surface area contributed by atoms with E-state index in [0.717, 1.165) is 6.26 Å². The fourth-order valence-corrected chi connectivity index (χ4v) is 4.84. The molecular formula is C26H36FN3O5S. The van der Waals surface area contributed by atoms with Crippen LogP contribution in [-0.2, 0) is 26.2 Å². The molecular weight excluding hydrogens is 485 g/mol. The fourth-order valence-electron chi connectivity index (χ4n) is 3.88. The minimum atomic E-state index is -3.59. The number of hydrogen-bond donors (Lipinski definition) is 1. The predicted molar refractivity (Wildman–Crippen MR) is 139 cm³/mol. The van der Waals surface area contributed by atoms with Crippen molar-refractivity contribution < 1.29 is 27.1 Å². The average molecular weight is 522 g/mol. The van der Waals surface area contributed by atoms with Crippen molar-refractivity contribution in [3.8, 4) is 5.75 Å². The first-order chi connectivity index (χ1) is 17.1. The highest BCUT2D eigenvalue weighted by atomic mass is 32.2. The minimum absolute atomic E-state index is 0.0418. The number of benzene rings is 2. The van der Waals surface area contributed by atoms with Gasteiger partial charge in [0.1, 0.15) is 17.6 Å². The minimum Gasteiger partial charge on any atom is -0.494 e. The van der Waals surface area contributed by atoms with Gasteiger partial charge in [-0.1, -0.05) is 19.1 Å². The maximum Gasteiger partial charge on any atom is 0.242 e. The van der Waals surface area contributed by atoms with E-state index in [-0.39, 0.29) is 43.6 Å². The molecule has 36 heavy (non-hydrogen) atoms. The van der Waals surface area contributed by atoms with Crippen LogP contribution in [0.15, 0.2) is 48.5 Å². The molecule has 0 aromatic heterocycles. The number of amides is 2. The molecule has 0 fully saturated rings. The second-order valence-electron chi connectivity index (χ2n) is 8.33. The number of anilines is 1. The van der Waals surface area contributed by atoms with Gasteiger partial charge in [-0.15, -0.1) is 0 Å². The highest BCUT2D eigenvalue weighted by Gasteiger charge is 2.28. The van der Waals surface area contributed by atoms with Gasteiger partial charge in [0.2, 0.25) is 21.8 Å². The van der Waals surface area contributed by atoms with Crippen molar-refractivity contribution in [1.82, 2.24) is 10.2 Å². The number of ether oxygens (including phenoxy) is 1. The lowest BCUT2D eigenvalue weighted by Gasteiger charge is -2.31. The summed E-state index contributed by atoms with van der Waals surface area (Å²) in [6, 6.07) is 11.8. The van der Waals surface area contributed by atoms with Crippen molar-refractivity contribution >= 4 is 27.5 Å². The second-order valence-corrected chi connectivity index (χ2v) is 10.2. The van der Waals surface area contributed by atoms with E-state index in [9.17, 15) is 22.4 Å². The molecule has 0 heterocycles. The van der Waals surface area contributed by atoms with Gasteiger partial charge in [-0.25, -0.2) is 12.8 Å². The van der Waals surface area contributed by atoms with Crippen LogP contribution in [-0.4, -0.2) is 57.1 Å². The van der Waals surface area contributed by atoms with Crippen molar-refractivity contribution in [2.45, 2.75) is 52.6 Å². The molecule has 0 radical (unpaired) electrons. The third-order valence-corrected chi connectivity index (χ3v) is 6.79. The molecule has 0 aliphatic heterocycles. The first-order valence-electron chi connectivity index (χ1n) is 12.1. The Morgan fingerprint density at radius 1 is 1.03 bits per heavy atom. The zero-order chi connectivity index (χ0) is 26.7. The molecule has 2 aromatic carbocycles. The van der Waals surface area contributed by atoms with Gasteiger partial charge in [0.05, 0.1) is 18.6 Å². The Hall–Kier alpha value is -3.14. The lowest BCUT2D eigenvalue weighted by Crippen LogP contribution is -2.49. The van der Waals surface area contributed by atoms with Crippen molar-refractivity contribution in [2.75, 3.05) is 30.3 Å². The van der Waals surface area contributed by atoms with Gasteiger partial charge < -0.3 is 15.0 Å². The topological polar surface area (TPSA) is 96.0 Å². The van der Waals surface area contributed by atoms with Gasteiger partial charge in [-0.3, -0.25) is 13.9 Å². The number of sulfonamides is 1. The number of rotatable bonds is 14. The Morgan fingerprint density at radius 2 is 1.67 bits per heavy atom. The summed E-state index contributed by atoms with van der Waals surface area (Å²) in [5.41, 5.74) is 1.17. The van der Waals surface area contributed by atoms with Gasteiger partial charge in [0.15, 0.2) is 0 Å². The zero-order valence-electron chi connectivity index (χ0n) is 21.4. The van der Waals surface area contributed by atoms with Crippen LogP contribution >= 0.6 is 0 Å².